The lowest BCUT2D eigenvalue weighted by molar-refractivity contribution is 0.0737. The number of aromatic nitrogens is 3. The van der Waals surface area contributed by atoms with Gasteiger partial charge in [0.2, 0.25) is 0 Å². The van der Waals surface area contributed by atoms with Crippen LogP contribution in [0.1, 0.15) is 35.8 Å². The highest BCUT2D eigenvalue weighted by Gasteiger charge is 2.20. The average molecular weight is 372 g/mol. The van der Waals surface area contributed by atoms with Gasteiger partial charge in [-0.05, 0) is 56.3 Å². The molecule has 0 saturated carbocycles. The van der Waals surface area contributed by atoms with Gasteiger partial charge in [0.05, 0.1) is 35.0 Å². The zero-order valence-corrected chi connectivity index (χ0v) is 15.3. The van der Waals surface area contributed by atoms with Crippen molar-refractivity contribution >= 4 is 17.0 Å². The van der Waals surface area contributed by atoms with Crippen molar-refractivity contribution in [2.45, 2.75) is 19.9 Å². The second kappa shape index (κ2) is 7.00. The lowest BCUT2D eigenvalue weighted by Gasteiger charge is -2.10. The summed E-state index contributed by atoms with van der Waals surface area (Å²) >= 11 is 0. The Morgan fingerprint density at radius 3 is 2.68 bits per heavy atom. The van der Waals surface area contributed by atoms with E-state index in [2.05, 4.69) is 10.1 Å². The molecule has 0 saturated heterocycles. The summed E-state index contributed by atoms with van der Waals surface area (Å²) in [5, 5.41) is 13.9. The molecule has 1 aromatic carbocycles. The number of ether oxygens (including phenoxy) is 1. The molecule has 7 nitrogen and oxygen atoms in total. The van der Waals surface area contributed by atoms with Crippen molar-refractivity contribution in [2.24, 2.45) is 0 Å². The van der Waals surface area contributed by atoms with Crippen LogP contribution in [0.3, 0.4) is 0 Å². The fourth-order valence-corrected chi connectivity index (χ4v) is 2.87. The number of carbonyl (C=O) groups is 1. The van der Waals surface area contributed by atoms with Crippen LogP contribution >= 0.6 is 0 Å². The number of rotatable bonds is 4. The van der Waals surface area contributed by atoms with Gasteiger partial charge in [0.25, 0.3) is 0 Å². The van der Waals surface area contributed by atoms with Crippen LogP contribution in [0.25, 0.3) is 22.5 Å². The van der Waals surface area contributed by atoms with Crippen LogP contribution < -0.4 is 4.74 Å². The molecule has 0 atom stereocenters. The number of esters is 1. The first kappa shape index (κ1) is 17.5. The number of nitriles is 1. The molecule has 28 heavy (non-hydrogen) atoms. The largest absolute Gasteiger partial charge is 0.463 e. The van der Waals surface area contributed by atoms with E-state index in [1.807, 2.05) is 19.9 Å². The van der Waals surface area contributed by atoms with Gasteiger partial charge in [-0.3, -0.25) is 0 Å². The number of hydrogen-bond acceptors (Lipinski definition) is 6. The molecule has 0 amide bonds. The quantitative estimate of drug-likeness (QED) is 0.390. The Labute approximate surface area is 160 Å². The molecule has 4 aromatic rings. The summed E-state index contributed by atoms with van der Waals surface area (Å²) in [6, 6.07) is 13.6. The molecule has 4 rings (SSSR count). The minimum absolute atomic E-state index is 0.0687. The predicted octanol–water partition coefficient (Wildman–Crippen LogP) is 4.36. The first-order valence-corrected chi connectivity index (χ1v) is 8.71. The number of fused-ring (bicyclic) bond motifs is 1. The number of benzene rings is 1. The summed E-state index contributed by atoms with van der Waals surface area (Å²) < 4.78 is 12.7. The molecular formula is C21H16N4O3. The molecule has 0 spiro atoms. The van der Waals surface area contributed by atoms with Gasteiger partial charge >= 0.3 is 5.97 Å². The highest BCUT2D eigenvalue weighted by molar-refractivity contribution is 6.04. The van der Waals surface area contributed by atoms with Gasteiger partial charge < -0.3 is 9.15 Å². The summed E-state index contributed by atoms with van der Waals surface area (Å²) in [5.41, 5.74) is 1.93. The van der Waals surface area contributed by atoms with E-state index < -0.39 is 5.97 Å². The van der Waals surface area contributed by atoms with Crippen LogP contribution in [0.5, 0.6) is 5.75 Å². The van der Waals surface area contributed by atoms with Crippen LogP contribution in [0.2, 0.25) is 0 Å². The van der Waals surface area contributed by atoms with Crippen molar-refractivity contribution in [1.29, 1.82) is 5.26 Å². The van der Waals surface area contributed by atoms with Crippen molar-refractivity contribution in [2.75, 3.05) is 0 Å². The van der Waals surface area contributed by atoms with Gasteiger partial charge in [0.15, 0.2) is 11.4 Å². The van der Waals surface area contributed by atoms with Gasteiger partial charge in [-0.2, -0.15) is 10.4 Å². The third kappa shape index (κ3) is 3.12. The number of hydrogen-bond donors (Lipinski definition) is 0. The fraction of sp³-hybridized carbons (Fsp3) is 0.143. The van der Waals surface area contributed by atoms with Gasteiger partial charge in [-0.25, -0.2) is 14.5 Å². The summed E-state index contributed by atoms with van der Waals surface area (Å²) in [7, 11) is 0. The summed E-state index contributed by atoms with van der Waals surface area (Å²) in [6.45, 7) is 3.98. The molecule has 0 radical (unpaired) electrons. The second-order valence-electron chi connectivity index (χ2n) is 6.48. The highest BCUT2D eigenvalue weighted by atomic mass is 16.5. The molecule has 0 N–H and O–H groups in total. The molecule has 0 aliphatic rings. The van der Waals surface area contributed by atoms with Gasteiger partial charge in [-0.1, -0.05) is 0 Å². The number of furan rings is 1. The van der Waals surface area contributed by atoms with E-state index in [0.29, 0.717) is 39.4 Å². The van der Waals surface area contributed by atoms with Gasteiger partial charge in [0.1, 0.15) is 11.4 Å². The van der Waals surface area contributed by atoms with Gasteiger partial charge in [-0.15, -0.1) is 0 Å². The zero-order valence-electron chi connectivity index (χ0n) is 15.3. The Morgan fingerprint density at radius 1 is 1.25 bits per heavy atom. The normalized spacial score (nSPS) is 10.9. The molecule has 0 unspecified atom stereocenters. The maximum atomic E-state index is 12.9. The van der Waals surface area contributed by atoms with E-state index in [-0.39, 0.29) is 6.04 Å². The van der Waals surface area contributed by atoms with Crippen LogP contribution in [0, 0.1) is 11.3 Å². The topological polar surface area (TPSA) is 93.9 Å². The molecule has 0 bridgehead atoms. The molecule has 3 heterocycles. The molecule has 0 aliphatic heterocycles. The predicted molar refractivity (Wildman–Crippen MR) is 102 cm³/mol. The molecular weight excluding hydrogens is 356 g/mol. The van der Waals surface area contributed by atoms with E-state index in [0.717, 1.165) is 0 Å². The number of pyridine rings is 1. The van der Waals surface area contributed by atoms with E-state index in [9.17, 15) is 4.79 Å². The van der Waals surface area contributed by atoms with Crippen LogP contribution in [0.15, 0.2) is 59.3 Å². The van der Waals surface area contributed by atoms with Crippen LogP contribution in [-0.2, 0) is 0 Å². The van der Waals surface area contributed by atoms with Gasteiger partial charge in [0, 0.05) is 6.04 Å². The van der Waals surface area contributed by atoms with E-state index in [1.54, 1.807) is 59.6 Å². The molecule has 138 valence electrons. The third-order valence-corrected chi connectivity index (χ3v) is 4.24. The van der Waals surface area contributed by atoms with Crippen LogP contribution in [-0.4, -0.2) is 20.7 Å². The SMILES string of the molecule is CC(C)n1ncc2c(C(=O)Oc3ccc(C#N)cc3)cc(-c3ccco3)nc21. The Morgan fingerprint density at radius 2 is 2.04 bits per heavy atom. The van der Waals surface area contributed by atoms with E-state index in [1.165, 1.54) is 0 Å². The number of nitrogens with zero attached hydrogens (tertiary/aromatic N) is 4. The second-order valence-corrected chi connectivity index (χ2v) is 6.48. The molecule has 0 aliphatic carbocycles. The molecule has 3 aromatic heterocycles. The Kier molecular flexibility index (Phi) is 4.38. The summed E-state index contributed by atoms with van der Waals surface area (Å²) in [6.07, 6.45) is 3.17. The van der Waals surface area contributed by atoms with Crippen LogP contribution in [0.4, 0.5) is 0 Å². The maximum Gasteiger partial charge on any atom is 0.344 e. The Bertz CT molecular complexity index is 1180. The minimum atomic E-state index is -0.534. The summed E-state index contributed by atoms with van der Waals surface area (Å²) in [4.78, 5) is 17.5. The zero-order chi connectivity index (χ0) is 19.7. The average Bonchev–Trinajstić information content (AvgIpc) is 3.37. The fourth-order valence-electron chi connectivity index (χ4n) is 2.87. The maximum absolute atomic E-state index is 12.9. The van der Waals surface area contributed by atoms with Crippen molar-refractivity contribution < 1.29 is 13.9 Å². The lowest BCUT2D eigenvalue weighted by atomic mass is 10.1. The first-order valence-electron chi connectivity index (χ1n) is 8.71. The molecule has 0 fully saturated rings. The Hall–Kier alpha value is -3.92. The van der Waals surface area contributed by atoms with Crippen molar-refractivity contribution in [3.05, 3.63) is 66.1 Å². The smallest absolute Gasteiger partial charge is 0.344 e. The van der Waals surface area contributed by atoms with Crippen molar-refractivity contribution in [1.82, 2.24) is 14.8 Å². The third-order valence-electron chi connectivity index (χ3n) is 4.24. The highest BCUT2D eigenvalue weighted by Crippen LogP contribution is 2.27. The lowest BCUT2D eigenvalue weighted by Crippen LogP contribution is -2.10. The molecule has 7 heteroatoms. The Balaban J connectivity index is 1.80. The van der Waals surface area contributed by atoms with E-state index in [4.69, 9.17) is 14.4 Å². The summed E-state index contributed by atoms with van der Waals surface area (Å²) in [5.74, 6) is 0.365. The monoisotopic (exact) mass is 372 g/mol. The standard InChI is InChI=1S/C21H16N4O3/c1-13(2)25-20-17(12-23-25)16(10-18(24-20)19-4-3-9-27-19)21(26)28-15-7-5-14(11-22)6-8-15/h3-10,12-13H,1-2H3. The van der Waals surface area contributed by atoms with E-state index >= 15 is 0 Å². The van der Waals surface area contributed by atoms with Crippen molar-refractivity contribution in [3.63, 3.8) is 0 Å². The minimum Gasteiger partial charge on any atom is -0.463 e. The number of carbonyl (C=O) groups excluding carboxylic acids is 1. The first-order chi connectivity index (χ1) is 13.6. The van der Waals surface area contributed by atoms with Crippen molar-refractivity contribution in [3.8, 4) is 23.3 Å².